The maximum Gasteiger partial charge on any atom is 0.299 e. The van der Waals surface area contributed by atoms with Gasteiger partial charge in [0.05, 0.1) is 0 Å². The van der Waals surface area contributed by atoms with E-state index in [9.17, 15) is 0 Å². The van der Waals surface area contributed by atoms with Crippen molar-refractivity contribution >= 4 is 11.4 Å². The second-order valence-electron chi connectivity index (χ2n) is 1.23. The van der Waals surface area contributed by atoms with Gasteiger partial charge in [-0.1, -0.05) is 26.7 Å². The van der Waals surface area contributed by atoms with Crippen molar-refractivity contribution in [2.45, 2.75) is 26.7 Å². The first-order chi connectivity index (χ1) is 3.65. The lowest BCUT2D eigenvalue weighted by Crippen LogP contribution is -1.74. The zero-order valence-electron chi connectivity index (χ0n) is 5.53. The third kappa shape index (κ3) is 288. The van der Waals surface area contributed by atoms with Crippen LogP contribution in [-0.2, 0) is 11.4 Å². The summed E-state index contributed by atoms with van der Waals surface area (Å²) in [7, 11) is 0. The SMILES string of the molecule is CCCC.F.O=S(O)O. The van der Waals surface area contributed by atoms with Crippen molar-refractivity contribution in [2.75, 3.05) is 0 Å². The average molecular weight is 160 g/mol. The Morgan fingerprint density at radius 2 is 1.33 bits per heavy atom. The number of unbranched alkanes of at least 4 members (excludes halogenated alkanes) is 1. The quantitative estimate of drug-likeness (QED) is 0.573. The molecular weight excluding hydrogens is 147 g/mol. The van der Waals surface area contributed by atoms with E-state index >= 15 is 0 Å². The second-order valence-corrected chi connectivity index (χ2v) is 1.69. The van der Waals surface area contributed by atoms with Crippen LogP contribution in [0.5, 0.6) is 0 Å². The molecule has 5 heteroatoms. The summed E-state index contributed by atoms with van der Waals surface area (Å²) in [5, 5.41) is 0. The van der Waals surface area contributed by atoms with Crippen molar-refractivity contribution in [1.29, 1.82) is 0 Å². The molecule has 0 heterocycles. The molecule has 9 heavy (non-hydrogen) atoms. The van der Waals surface area contributed by atoms with Crippen LogP contribution in [0.1, 0.15) is 26.7 Å². The lowest BCUT2D eigenvalue weighted by Gasteiger charge is -1.68. The second kappa shape index (κ2) is 15.7. The molecule has 0 bridgehead atoms. The molecule has 0 aromatic carbocycles. The van der Waals surface area contributed by atoms with Gasteiger partial charge >= 0.3 is 0 Å². The number of rotatable bonds is 1. The molecule has 0 aliphatic carbocycles. The van der Waals surface area contributed by atoms with Gasteiger partial charge in [-0.05, 0) is 0 Å². The number of hydrogen-bond donors (Lipinski definition) is 2. The van der Waals surface area contributed by atoms with E-state index in [0.717, 1.165) is 0 Å². The Morgan fingerprint density at radius 1 is 1.22 bits per heavy atom. The molecule has 0 unspecified atom stereocenters. The van der Waals surface area contributed by atoms with Crippen LogP contribution in [0.15, 0.2) is 0 Å². The van der Waals surface area contributed by atoms with Crippen LogP contribution in [0.3, 0.4) is 0 Å². The molecule has 0 spiro atoms. The molecule has 0 radical (unpaired) electrons. The standard InChI is InChI=1S/C4H10.FH.H2O3S/c1-3-4-2;;1-4(2)3/h3-4H2,1-2H3;1H;(H2,1,2,3). The van der Waals surface area contributed by atoms with Gasteiger partial charge in [-0.15, -0.1) is 0 Å². The van der Waals surface area contributed by atoms with E-state index in [4.69, 9.17) is 13.3 Å². The Labute approximate surface area is 56.9 Å². The van der Waals surface area contributed by atoms with Crippen LogP contribution in [0.4, 0.5) is 4.70 Å². The Morgan fingerprint density at radius 3 is 1.33 bits per heavy atom. The Bertz CT molecular complexity index is 53.8. The summed E-state index contributed by atoms with van der Waals surface area (Å²) in [6.45, 7) is 4.36. The Kier molecular flexibility index (Phi) is 27.9. The van der Waals surface area contributed by atoms with Gasteiger partial charge < -0.3 is 0 Å². The fourth-order valence-corrected chi connectivity index (χ4v) is 0. The van der Waals surface area contributed by atoms with E-state index in [2.05, 4.69) is 13.8 Å². The molecule has 0 amide bonds. The molecule has 0 atom stereocenters. The van der Waals surface area contributed by atoms with Crippen molar-refractivity contribution in [2.24, 2.45) is 0 Å². The summed E-state index contributed by atoms with van der Waals surface area (Å²) in [6, 6.07) is 0. The van der Waals surface area contributed by atoms with E-state index in [0.29, 0.717) is 0 Å². The minimum absolute atomic E-state index is 0. The highest BCUT2D eigenvalue weighted by molar-refractivity contribution is 7.73. The Balaban J connectivity index is -0.0000000720. The van der Waals surface area contributed by atoms with Crippen molar-refractivity contribution < 1.29 is 18.0 Å². The molecular formula is C4H13FO3S. The van der Waals surface area contributed by atoms with Crippen molar-refractivity contribution in [3.05, 3.63) is 0 Å². The first kappa shape index (κ1) is 16.0. The van der Waals surface area contributed by atoms with Crippen LogP contribution in [0.2, 0.25) is 0 Å². The minimum atomic E-state index is -2.61. The van der Waals surface area contributed by atoms with E-state index < -0.39 is 11.4 Å². The zero-order chi connectivity index (χ0) is 6.99. The summed E-state index contributed by atoms with van der Waals surface area (Å²) in [5.74, 6) is 0. The first-order valence-corrected chi connectivity index (χ1v) is 3.51. The van der Waals surface area contributed by atoms with Gasteiger partial charge in [-0.2, -0.15) is 4.21 Å². The Hall–Kier alpha value is -0.0000000000000000416. The molecule has 60 valence electrons. The zero-order valence-corrected chi connectivity index (χ0v) is 6.35. The topological polar surface area (TPSA) is 57.5 Å². The minimum Gasteiger partial charge on any atom is -0.284 e. The molecule has 0 saturated heterocycles. The molecule has 0 aliphatic rings. The van der Waals surface area contributed by atoms with Gasteiger partial charge in [0.15, 0.2) is 0 Å². The number of halogens is 1. The van der Waals surface area contributed by atoms with Crippen molar-refractivity contribution in [1.82, 2.24) is 0 Å². The molecule has 0 fully saturated rings. The highest BCUT2D eigenvalue weighted by atomic mass is 32.2. The molecule has 0 aliphatic heterocycles. The third-order valence-corrected chi connectivity index (χ3v) is 0.500. The molecule has 0 aromatic rings. The highest BCUT2D eigenvalue weighted by Gasteiger charge is 1.62. The van der Waals surface area contributed by atoms with Crippen LogP contribution < -0.4 is 0 Å². The maximum absolute atomic E-state index is 8.67. The molecule has 0 saturated carbocycles. The summed E-state index contributed by atoms with van der Waals surface area (Å²) < 4.78 is 22.8. The summed E-state index contributed by atoms with van der Waals surface area (Å²) >= 11 is -2.61. The predicted molar refractivity (Wildman–Crippen MR) is 36.5 cm³/mol. The molecule has 3 nitrogen and oxygen atoms in total. The summed E-state index contributed by atoms with van der Waals surface area (Å²) in [5.41, 5.74) is 0. The molecule has 2 N–H and O–H groups in total. The fourth-order valence-electron chi connectivity index (χ4n) is 0. The molecule has 0 aromatic heterocycles. The van der Waals surface area contributed by atoms with E-state index in [1.807, 2.05) is 0 Å². The predicted octanol–water partition coefficient (Wildman–Crippen LogP) is 1.64. The lowest BCUT2D eigenvalue weighted by atomic mass is 10.4. The smallest absolute Gasteiger partial charge is 0.284 e. The van der Waals surface area contributed by atoms with Gasteiger partial charge in [0.25, 0.3) is 11.4 Å². The van der Waals surface area contributed by atoms with Crippen LogP contribution >= 0.6 is 0 Å². The van der Waals surface area contributed by atoms with Crippen LogP contribution in [0, 0.1) is 0 Å². The fraction of sp³-hybridized carbons (Fsp3) is 1.00. The number of hydrogen-bond acceptors (Lipinski definition) is 1. The summed E-state index contributed by atoms with van der Waals surface area (Å²) in [4.78, 5) is 0. The monoisotopic (exact) mass is 160 g/mol. The largest absolute Gasteiger partial charge is 0.299 e. The van der Waals surface area contributed by atoms with Gasteiger partial charge in [-0.3, -0.25) is 13.8 Å². The van der Waals surface area contributed by atoms with Crippen molar-refractivity contribution in [3.63, 3.8) is 0 Å². The average Bonchev–Trinajstić information content (AvgIpc) is 1.65. The van der Waals surface area contributed by atoms with E-state index in [1.165, 1.54) is 12.8 Å². The summed E-state index contributed by atoms with van der Waals surface area (Å²) in [6.07, 6.45) is 2.64. The normalized spacial score (nSPS) is 7.22. The van der Waals surface area contributed by atoms with E-state index in [-0.39, 0.29) is 4.70 Å². The van der Waals surface area contributed by atoms with Crippen LogP contribution in [-0.4, -0.2) is 13.3 Å². The third-order valence-electron chi connectivity index (χ3n) is 0.500. The highest BCUT2D eigenvalue weighted by Crippen LogP contribution is 1.76. The van der Waals surface area contributed by atoms with Gasteiger partial charge in [-0.25, -0.2) is 0 Å². The first-order valence-electron chi connectivity index (χ1n) is 2.45. The maximum atomic E-state index is 8.67. The van der Waals surface area contributed by atoms with E-state index in [1.54, 1.807) is 0 Å². The van der Waals surface area contributed by atoms with Crippen LogP contribution in [0.25, 0.3) is 0 Å². The van der Waals surface area contributed by atoms with Gasteiger partial charge in [0.2, 0.25) is 0 Å². The lowest BCUT2D eigenvalue weighted by molar-refractivity contribution is 0.454. The van der Waals surface area contributed by atoms with Gasteiger partial charge in [0, 0.05) is 0 Å². The van der Waals surface area contributed by atoms with Crippen molar-refractivity contribution in [3.8, 4) is 0 Å². The van der Waals surface area contributed by atoms with Gasteiger partial charge in [0.1, 0.15) is 0 Å². The molecule has 0 rings (SSSR count).